The van der Waals surface area contributed by atoms with Crippen LogP contribution in [0, 0.1) is 0 Å². The third-order valence-electron chi connectivity index (χ3n) is 5.46. The van der Waals surface area contributed by atoms with Crippen LogP contribution >= 0.6 is 0 Å². The number of nitrogens with zero attached hydrogens (tertiary/aromatic N) is 1. The van der Waals surface area contributed by atoms with E-state index in [4.69, 9.17) is 0 Å². The largest absolute Gasteiger partial charge is 0.331 e. The molecule has 0 aromatic heterocycles. The van der Waals surface area contributed by atoms with Crippen LogP contribution in [-0.2, 0) is 16.3 Å². The number of rotatable bonds is 1. The van der Waals surface area contributed by atoms with Gasteiger partial charge in [0.25, 0.3) is 0 Å². The lowest BCUT2D eigenvalue weighted by molar-refractivity contribution is 0.170. The summed E-state index contributed by atoms with van der Waals surface area (Å²) in [5.41, 5.74) is 3.16. The first-order valence-electron chi connectivity index (χ1n) is 8.94. The number of urea groups is 1. The zero-order valence-electron chi connectivity index (χ0n) is 14.7. The molecule has 0 aliphatic carbocycles. The highest BCUT2D eigenvalue weighted by molar-refractivity contribution is 7.91. The van der Waals surface area contributed by atoms with Crippen LogP contribution in [0.1, 0.15) is 42.1 Å². The summed E-state index contributed by atoms with van der Waals surface area (Å²) in [7, 11) is -3.25. The summed E-state index contributed by atoms with van der Waals surface area (Å²) in [5, 5.41) is 3.07. The zero-order valence-corrected chi connectivity index (χ0v) is 15.5. The number of hydrogen-bond acceptors (Lipinski definition) is 3. The molecule has 0 saturated carbocycles. The van der Waals surface area contributed by atoms with E-state index in [2.05, 4.69) is 17.4 Å². The first kappa shape index (κ1) is 17.1. The van der Waals surface area contributed by atoms with Crippen LogP contribution in [0.5, 0.6) is 0 Å². The van der Waals surface area contributed by atoms with E-state index >= 15 is 0 Å². The van der Waals surface area contributed by atoms with E-state index < -0.39 is 9.84 Å². The second-order valence-electron chi connectivity index (χ2n) is 6.97. The first-order valence-corrected chi connectivity index (χ1v) is 10.6. The molecule has 6 heteroatoms. The highest BCUT2D eigenvalue weighted by Gasteiger charge is 2.33. The zero-order chi connectivity index (χ0) is 18.3. The van der Waals surface area contributed by atoms with Gasteiger partial charge < -0.3 is 10.2 Å². The number of nitrogens with one attached hydrogen (secondary N) is 1. The first-order chi connectivity index (χ1) is 12.5. The number of amides is 2. The van der Waals surface area contributed by atoms with Gasteiger partial charge in [0.05, 0.1) is 22.7 Å². The van der Waals surface area contributed by atoms with E-state index in [9.17, 15) is 13.2 Å². The number of benzene rings is 2. The molecule has 0 bridgehead atoms. The van der Waals surface area contributed by atoms with Crippen molar-refractivity contribution in [2.75, 3.05) is 12.3 Å². The minimum Gasteiger partial charge on any atom is -0.331 e. The van der Waals surface area contributed by atoms with Crippen molar-refractivity contribution in [3.05, 3.63) is 65.2 Å². The fourth-order valence-corrected chi connectivity index (χ4v) is 5.64. The number of sulfone groups is 1. The molecule has 2 unspecified atom stereocenters. The van der Waals surface area contributed by atoms with Gasteiger partial charge in [0, 0.05) is 6.54 Å². The molecule has 0 radical (unpaired) electrons. The lowest BCUT2D eigenvalue weighted by atomic mass is 9.94. The molecular weight excluding hydrogens is 348 g/mol. The van der Waals surface area contributed by atoms with Gasteiger partial charge in [-0.25, -0.2) is 13.2 Å². The van der Waals surface area contributed by atoms with Crippen LogP contribution < -0.4 is 5.32 Å². The van der Waals surface area contributed by atoms with E-state index in [1.807, 2.05) is 30.0 Å². The van der Waals surface area contributed by atoms with Gasteiger partial charge >= 0.3 is 6.03 Å². The molecule has 2 aliphatic rings. The van der Waals surface area contributed by atoms with Crippen molar-refractivity contribution in [1.82, 2.24) is 10.2 Å². The summed E-state index contributed by atoms with van der Waals surface area (Å²) in [6.07, 6.45) is 1.24. The van der Waals surface area contributed by atoms with Gasteiger partial charge in [0.2, 0.25) is 0 Å². The lowest BCUT2D eigenvalue weighted by Gasteiger charge is -2.37. The summed E-state index contributed by atoms with van der Waals surface area (Å²) in [4.78, 5) is 15.1. The summed E-state index contributed by atoms with van der Waals surface area (Å²) in [6.45, 7) is 2.70. The van der Waals surface area contributed by atoms with Gasteiger partial charge in [-0.15, -0.1) is 0 Å². The van der Waals surface area contributed by atoms with Crippen LogP contribution in [0.25, 0.3) is 0 Å². The molecule has 2 aromatic carbocycles. The normalized spacial score (nSPS) is 23.7. The van der Waals surface area contributed by atoms with Gasteiger partial charge in [-0.05, 0) is 42.5 Å². The Balaban J connectivity index is 1.56. The van der Waals surface area contributed by atoms with Gasteiger partial charge in [-0.1, -0.05) is 42.5 Å². The summed E-state index contributed by atoms with van der Waals surface area (Å²) in [6, 6.07) is 14.8. The maximum Gasteiger partial charge on any atom is 0.318 e. The van der Waals surface area contributed by atoms with E-state index in [1.54, 1.807) is 18.2 Å². The second kappa shape index (κ2) is 6.43. The molecule has 0 spiro atoms. The third kappa shape index (κ3) is 2.88. The van der Waals surface area contributed by atoms with Crippen molar-refractivity contribution < 1.29 is 13.2 Å². The lowest BCUT2D eigenvalue weighted by Crippen LogP contribution is -2.46. The molecule has 2 heterocycles. The molecule has 136 valence electrons. The topological polar surface area (TPSA) is 66.5 Å². The van der Waals surface area contributed by atoms with Gasteiger partial charge in [-0.3, -0.25) is 0 Å². The third-order valence-corrected chi connectivity index (χ3v) is 7.27. The molecule has 5 nitrogen and oxygen atoms in total. The van der Waals surface area contributed by atoms with Crippen molar-refractivity contribution in [3.8, 4) is 0 Å². The van der Waals surface area contributed by atoms with Crippen molar-refractivity contribution in [2.45, 2.75) is 36.7 Å². The van der Waals surface area contributed by atoms with Crippen molar-refractivity contribution >= 4 is 15.9 Å². The Kier molecular flexibility index (Phi) is 4.23. The molecule has 2 amide bonds. The fraction of sp³-hybridized carbons (Fsp3) is 0.350. The maximum absolute atomic E-state index is 12.9. The fourth-order valence-electron chi connectivity index (χ4n) is 4.02. The van der Waals surface area contributed by atoms with E-state index in [1.165, 1.54) is 11.1 Å². The van der Waals surface area contributed by atoms with Crippen LogP contribution in [0.15, 0.2) is 53.4 Å². The Morgan fingerprint density at radius 2 is 1.77 bits per heavy atom. The monoisotopic (exact) mass is 370 g/mol. The highest BCUT2D eigenvalue weighted by atomic mass is 32.2. The number of hydrogen-bond donors (Lipinski definition) is 1. The van der Waals surface area contributed by atoms with Crippen LogP contribution in [-0.4, -0.2) is 31.6 Å². The van der Waals surface area contributed by atoms with Crippen molar-refractivity contribution in [2.24, 2.45) is 0 Å². The number of carbonyl (C=O) groups excluding carboxylic acids is 1. The van der Waals surface area contributed by atoms with Crippen molar-refractivity contribution in [1.29, 1.82) is 0 Å². The SMILES string of the molecule is CC1c2ccccc2CCN1C(=O)NC1CCS(=O)(=O)c2ccccc21. The Bertz CT molecular complexity index is 955. The van der Waals surface area contributed by atoms with Gasteiger partial charge in [-0.2, -0.15) is 0 Å². The van der Waals surface area contributed by atoms with E-state index in [0.717, 1.165) is 6.42 Å². The minimum atomic E-state index is -3.25. The molecule has 2 aliphatic heterocycles. The average molecular weight is 370 g/mol. The number of fused-ring (bicyclic) bond motifs is 2. The number of carbonyl (C=O) groups is 1. The summed E-state index contributed by atoms with van der Waals surface area (Å²) >= 11 is 0. The Hall–Kier alpha value is -2.34. The molecule has 2 aromatic rings. The van der Waals surface area contributed by atoms with E-state index in [0.29, 0.717) is 23.4 Å². The summed E-state index contributed by atoms with van der Waals surface area (Å²) in [5.74, 6) is 0.0628. The summed E-state index contributed by atoms with van der Waals surface area (Å²) < 4.78 is 24.5. The molecule has 1 N–H and O–H groups in total. The minimum absolute atomic E-state index is 0.00233. The van der Waals surface area contributed by atoms with Crippen LogP contribution in [0.3, 0.4) is 0 Å². The van der Waals surface area contributed by atoms with Gasteiger partial charge in [0.15, 0.2) is 9.84 Å². The molecule has 0 fully saturated rings. The Labute approximate surface area is 153 Å². The average Bonchev–Trinajstić information content (AvgIpc) is 2.65. The highest BCUT2D eigenvalue weighted by Crippen LogP contribution is 2.33. The molecule has 26 heavy (non-hydrogen) atoms. The predicted molar refractivity (Wildman–Crippen MR) is 99.7 cm³/mol. The van der Waals surface area contributed by atoms with Crippen molar-refractivity contribution in [3.63, 3.8) is 0 Å². The maximum atomic E-state index is 12.9. The van der Waals surface area contributed by atoms with Gasteiger partial charge in [0.1, 0.15) is 0 Å². The Morgan fingerprint density at radius 1 is 1.08 bits per heavy atom. The van der Waals surface area contributed by atoms with E-state index in [-0.39, 0.29) is 23.9 Å². The second-order valence-corrected chi connectivity index (χ2v) is 9.04. The Morgan fingerprint density at radius 3 is 2.58 bits per heavy atom. The predicted octanol–water partition coefficient (Wildman–Crippen LogP) is 3.23. The quantitative estimate of drug-likeness (QED) is 0.838. The molecule has 2 atom stereocenters. The molecular formula is C20H22N2O3S. The van der Waals surface area contributed by atoms with Crippen LogP contribution in [0.4, 0.5) is 4.79 Å². The van der Waals surface area contributed by atoms with Crippen LogP contribution in [0.2, 0.25) is 0 Å². The molecule has 0 saturated heterocycles. The smallest absolute Gasteiger partial charge is 0.318 e. The standard InChI is InChI=1S/C20H22N2O3S/c1-14-16-7-3-2-6-15(16)10-12-22(14)20(23)21-18-11-13-26(24,25)19-9-5-4-8-17(18)19/h2-9,14,18H,10-13H2,1H3,(H,21,23). The molecule has 4 rings (SSSR count).